The van der Waals surface area contributed by atoms with Crippen LogP contribution in [0.2, 0.25) is 0 Å². The van der Waals surface area contributed by atoms with E-state index in [1.54, 1.807) is 0 Å². The molecule has 1 saturated heterocycles. The van der Waals surface area contributed by atoms with Gasteiger partial charge in [-0.2, -0.15) is 0 Å². The van der Waals surface area contributed by atoms with Crippen molar-refractivity contribution in [3.63, 3.8) is 0 Å². The molecule has 1 rings (SSSR count). The second kappa shape index (κ2) is 6.17. The van der Waals surface area contributed by atoms with Crippen LogP contribution in [-0.2, 0) is 4.74 Å². The van der Waals surface area contributed by atoms with Crippen LogP contribution in [0.1, 0.15) is 26.7 Å². The Hall–Kier alpha value is -0.340. The molecular weight excluding hydrogens is 162 g/mol. The Morgan fingerprint density at radius 2 is 2.46 bits per heavy atom. The average molecular weight is 183 g/mol. The molecule has 1 atom stereocenters. The second-order valence-electron chi connectivity index (χ2n) is 3.81. The largest absolute Gasteiger partial charge is 0.381 e. The summed E-state index contributed by atoms with van der Waals surface area (Å²) < 4.78 is 5.32. The number of rotatable bonds is 5. The summed E-state index contributed by atoms with van der Waals surface area (Å²) in [6, 6.07) is 0. The molecule has 76 valence electrons. The van der Waals surface area contributed by atoms with Crippen LogP contribution in [0.15, 0.2) is 11.6 Å². The molecule has 0 radical (unpaired) electrons. The Labute approximate surface area is 81.4 Å². The zero-order chi connectivity index (χ0) is 9.52. The van der Waals surface area contributed by atoms with E-state index in [9.17, 15) is 0 Å². The van der Waals surface area contributed by atoms with Crippen molar-refractivity contribution in [3.05, 3.63) is 11.6 Å². The van der Waals surface area contributed by atoms with E-state index in [4.69, 9.17) is 4.74 Å². The predicted molar refractivity (Wildman–Crippen MR) is 55.8 cm³/mol. The molecule has 1 aliphatic heterocycles. The first-order valence-corrected chi connectivity index (χ1v) is 5.28. The molecule has 2 heteroatoms. The van der Waals surface area contributed by atoms with Crippen LogP contribution in [-0.4, -0.2) is 26.3 Å². The van der Waals surface area contributed by atoms with Gasteiger partial charge in [0.15, 0.2) is 0 Å². The van der Waals surface area contributed by atoms with Gasteiger partial charge < -0.3 is 10.1 Å². The van der Waals surface area contributed by atoms with Gasteiger partial charge in [0.1, 0.15) is 0 Å². The Morgan fingerprint density at radius 3 is 3.08 bits per heavy atom. The van der Waals surface area contributed by atoms with Crippen molar-refractivity contribution in [2.24, 2.45) is 5.92 Å². The lowest BCUT2D eigenvalue weighted by Gasteiger charge is -2.05. The highest BCUT2D eigenvalue weighted by atomic mass is 16.5. The van der Waals surface area contributed by atoms with E-state index < -0.39 is 0 Å². The van der Waals surface area contributed by atoms with E-state index in [1.165, 1.54) is 18.4 Å². The minimum Gasteiger partial charge on any atom is -0.381 e. The molecule has 0 aliphatic carbocycles. The third kappa shape index (κ3) is 4.44. The lowest BCUT2D eigenvalue weighted by molar-refractivity contribution is 0.191. The monoisotopic (exact) mass is 183 g/mol. The fourth-order valence-electron chi connectivity index (χ4n) is 1.61. The summed E-state index contributed by atoms with van der Waals surface area (Å²) in [5.41, 5.74) is 1.45. The highest BCUT2D eigenvalue weighted by Crippen LogP contribution is 2.15. The van der Waals surface area contributed by atoms with Crippen molar-refractivity contribution in [1.29, 1.82) is 0 Å². The van der Waals surface area contributed by atoms with Crippen LogP contribution in [0, 0.1) is 5.92 Å². The van der Waals surface area contributed by atoms with Gasteiger partial charge in [-0.15, -0.1) is 0 Å². The van der Waals surface area contributed by atoms with Gasteiger partial charge in [0.05, 0.1) is 6.61 Å². The summed E-state index contributed by atoms with van der Waals surface area (Å²) >= 11 is 0. The van der Waals surface area contributed by atoms with Crippen molar-refractivity contribution in [2.45, 2.75) is 26.7 Å². The quantitative estimate of drug-likeness (QED) is 0.520. The van der Waals surface area contributed by atoms with Gasteiger partial charge >= 0.3 is 0 Å². The summed E-state index contributed by atoms with van der Waals surface area (Å²) in [6.45, 7) is 8.40. The van der Waals surface area contributed by atoms with Gasteiger partial charge in [0.2, 0.25) is 0 Å². The SMILES string of the molecule is CCCNC/C(C)=C/C1CCOC1. The molecule has 1 aliphatic rings. The van der Waals surface area contributed by atoms with Gasteiger partial charge in [-0.05, 0) is 26.3 Å². The first-order valence-electron chi connectivity index (χ1n) is 5.28. The highest BCUT2D eigenvalue weighted by molar-refractivity contribution is 5.03. The van der Waals surface area contributed by atoms with Gasteiger partial charge in [0, 0.05) is 19.1 Å². The van der Waals surface area contributed by atoms with E-state index in [0.717, 1.165) is 26.3 Å². The van der Waals surface area contributed by atoms with Crippen LogP contribution < -0.4 is 5.32 Å². The Morgan fingerprint density at radius 1 is 1.62 bits per heavy atom. The van der Waals surface area contributed by atoms with Crippen LogP contribution in [0.5, 0.6) is 0 Å². The van der Waals surface area contributed by atoms with Crippen molar-refractivity contribution in [2.75, 3.05) is 26.3 Å². The second-order valence-corrected chi connectivity index (χ2v) is 3.81. The molecule has 0 aromatic rings. The molecule has 0 saturated carbocycles. The van der Waals surface area contributed by atoms with E-state index in [-0.39, 0.29) is 0 Å². The first-order chi connectivity index (χ1) is 6.33. The van der Waals surface area contributed by atoms with Gasteiger partial charge in [0.25, 0.3) is 0 Å². The van der Waals surface area contributed by atoms with Crippen molar-refractivity contribution in [3.8, 4) is 0 Å². The fraction of sp³-hybridized carbons (Fsp3) is 0.818. The van der Waals surface area contributed by atoms with Crippen LogP contribution in [0.3, 0.4) is 0 Å². The molecule has 0 aromatic carbocycles. The topological polar surface area (TPSA) is 21.3 Å². The van der Waals surface area contributed by atoms with Crippen molar-refractivity contribution in [1.82, 2.24) is 5.32 Å². The molecule has 1 heterocycles. The van der Waals surface area contributed by atoms with Gasteiger partial charge in [-0.25, -0.2) is 0 Å². The average Bonchev–Trinajstić information content (AvgIpc) is 2.57. The highest BCUT2D eigenvalue weighted by Gasteiger charge is 2.12. The molecule has 0 bridgehead atoms. The Balaban J connectivity index is 2.16. The van der Waals surface area contributed by atoms with Crippen LogP contribution in [0.4, 0.5) is 0 Å². The molecule has 1 unspecified atom stereocenters. The molecule has 1 fully saturated rings. The van der Waals surface area contributed by atoms with Gasteiger partial charge in [-0.3, -0.25) is 0 Å². The van der Waals surface area contributed by atoms with E-state index in [1.807, 2.05) is 0 Å². The predicted octanol–water partition coefficient (Wildman–Crippen LogP) is 1.97. The molecule has 1 N–H and O–H groups in total. The number of nitrogens with one attached hydrogen (secondary N) is 1. The molecule has 0 aromatic heterocycles. The molecule has 13 heavy (non-hydrogen) atoms. The normalized spacial score (nSPS) is 23.8. The standard InChI is InChI=1S/C11H21NO/c1-3-5-12-8-10(2)7-11-4-6-13-9-11/h7,11-12H,3-6,8-9H2,1-2H3/b10-7+. The summed E-state index contributed by atoms with van der Waals surface area (Å²) in [6.07, 6.45) is 4.76. The minimum absolute atomic E-state index is 0.670. The molecule has 0 amide bonds. The van der Waals surface area contributed by atoms with Crippen LogP contribution in [0.25, 0.3) is 0 Å². The van der Waals surface area contributed by atoms with Gasteiger partial charge in [-0.1, -0.05) is 18.6 Å². The third-order valence-corrected chi connectivity index (χ3v) is 2.32. The Bertz CT molecular complexity index is 159. The smallest absolute Gasteiger partial charge is 0.0529 e. The first kappa shape index (κ1) is 10.7. The molecule has 0 spiro atoms. The third-order valence-electron chi connectivity index (χ3n) is 2.32. The van der Waals surface area contributed by atoms with Crippen molar-refractivity contribution >= 4 is 0 Å². The number of hydrogen-bond donors (Lipinski definition) is 1. The summed E-state index contributed by atoms with van der Waals surface area (Å²) in [4.78, 5) is 0. The summed E-state index contributed by atoms with van der Waals surface area (Å²) in [5, 5.41) is 3.40. The Kier molecular flexibility index (Phi) is 5.09. The molecule has 2 nitrogen and oxygen atoms in total. The summed E-state index contributed by atoms with van der Waals surface area (Å²) in [7, 11) is 0. The lowest BCUT2D eigenvalue weighted by atomic mass is 10.1. The van der Waals surface area contributed by atoms with Crippen molar-refractivity contribution < 1.29 is 4.74 Å². The maximum absolute atomic E-state index is 5.32. The van der Waals surface area contributed by atoms with E-state index >= 15 is 0 Å². The lowest BCUT2D eigenvalue weighted by Crippen LogP contribution is -2.17. The zero-order valence-electron chi connectivity index (χ0n) is 8.81. The van der Waals surface area contributed by atoms with Crippen LogP contribution >= 0.6 is 0 Å². The maximum atomic E-state index is 5.32. The minimum atomic E-state index is 0.670. The van der Waals surface area contributed by atoms with E-state index in [0.29, 0.717) is 5.92 Å². The van der Waals surface area contributed by atoms with E-state index in [2.05, 4.69) is 25.2 Å². The fourth-order valence-corrected chi connectivity index (χ4v) is 1.61. The molecular formula is C11H21NO. The number of ether oxygens (including phenoxy) is 1. The zero-order valence-corrected chi connectivity index (χ0v) is 8.81. The maximum Gasteiger partial charge on any atom is 0.0529 e. The summed E-state index contributed by atoms with van der Waals surface area (Å²) in [5.74, 6) is 0.670. The number of hydrogen-bond acceptors (Lipinski definition) is 2.